The van der Waals surface area contributed by atoms with Crippen LogP contribution >= 0.6 is 0 Å². The predicted molar refractivity (Wildman–Crippen MR) is 72.9 cm³/mol. The van der Waals surface area contributed by atoms with Crippen molar-refractivity contribution >= 4 is 11.4 Å². The van der Waals surface area contributed by atoms with Crippen molar-refractivity contribution in [2.75, 3.05) is 5.32 Å². The second-order valence-corrected chi connectivity index (χ2v) is 4.20. The molecular weight excluding hydrogens is 244 g/mol. The summed E-state index contributed by atoms with van der Waals surface area (Å²) in [5, 5.41) is 13.8. The van der Waals surface area contributed by atoms with Crippen molar-refractivity contribution in [3.8, 4) is 0 Å². The zero-order chi connectivity index (χ0) is 13.7. The fraction of sp³-hybridized carbons (Fsp3) is 0.308. The summed E-state index contributed by atoms with van der Waals surface area (Å²) in [4.78, 5) is 14.6. The average molecular weight is 260 g/mol. The third kappa shape index (κ3) is 3.31. The number of nitrogens with one attached hydrogen (secondary N) is 1. The molecule has 0 amide bonds. The second kappa shape index (κ2) is 5.99. The van der Waals surface area contributed by atoms with Crippen LogP contribution in [0.2, 0.25) is 0 Å². The topological polar surface area (TPSA) is 73.0 Å². The van der Waals surface area contributed by atoms with Crippen LogP contribution in [-0.2, 0) is 13.1 Å². The molecule has 1 heterocycles. The summed E-state index contributed by atoms with van der Waals surface area (Å²) in [5.74, 6) is 0.924. The van der Waals surface area contributed by atoms with E-state index in [1.54, 1.807) is 18.3 Å². The maximum absolute atomic E-state index is 10.7. The average Bonchev–Trinajstić information content (AvgIpc) is 2.85. The Morgan fingerprint density at radius 3 is 3.05 bits per heavy atom. The number of aromatic nitrogens is 2. The monoisotopic (exact) mass is 260 g/mol. The van der Waals surface area contributed by atoms with E-state index in [1.165, 1.54) is 12.1 Å². The minimum absolute atomic E-state index is 0.0851. The Morgan fingerprint density at radius 1 is 1.47 bits per heavy atom. The summed E-state index contributed by atoms with van der Waals surface area (Å²) in [5.41, 5.74) is 0.808. The van der Waals surface area contributed by atoms with Gasteiger partial charge in [-0.2, -0.15) is 0 Å². The highest BCUT2D eigenvalue weighted by atomic mass is 16.6. The Labute approximate surface area is 111 Å². The molecule has 0 aliphatic heterocycles. The number of imidazole rings is 1. The van der Waals surface area contributed by atoms with Crippen LogP contribution in [0, 0.1) is 10.1 Å². The Bertz CT molecular complexity index is 565. The van der Waals surface area contributed by atoms with Gasteiger partial charge in [-0.15, -0.1) is 0 Å². The standard InChI is InChI=1S/C13H16N4O2/c1-2-7-16-8-6-14-13(16)10-15-11-4-3-5-12(9-11)17(18)19/h3-6,8-9,15H,2,7,10H2,1H3. The quantitative estimate of drug-likeness (QED) is 0.640. The van der Waals surface area contributed by atoms with Crippen LogP contribution in [0.5, 0.6) is 0 Å². The molecule has 100 valence electrons. The van der Waals surface area contributed by atoms with Gasteiger partial charge in [-0.3, -0.25) is 10.1 Å². The first-order valence-corrected chi connectivity index (χ1v) is 6.19. The first-order chi connectivity index (χ1) is 9.20. The number of aryl methyl sites for hydroxylation is 1. The first-order valence-electron chi connectivity index (χ1n) is 6.19. The van der Waals surface area contributed by atoms with Crippen molar-refractivity contribution in [3.63, 3.8) is 0 Å². The van der Waals surface area contributed by atoms with E-state index in [9.17, 15) is 10.1 Å². The van der Waals surface area contributed by atoms with E-state index in [0.29, 0.717) is 6.54 Å². The van der Waals surface area contributed by atoms with Crippen molar-refractivity contribution in [1.82, 2.24) is 9.55 Å². The van der Waals surface area contributed by atoms with Crippen LogP contribution < -0.4 is 5.32 Å². The molecule has 0 fully saturated rings. The van der Waals surface area contributed by atoms with E-state index in [-0.39, 0.29) is 5.69 Å². The highest BCUT2D eigenvalue weighted by molar-refractivity contribution is 5.50. The highest BCUT2D eigenvalue weighted by Crippen LogP contribution is 2.17. The minimum atomic E-state index is -0.400. The summed E-state index contributed by atoms with van der Waals surface area (Å²) >= 11 is 0. The van der Waals surface area contributed by atoms with Crippen LogP contribution in [0.4, 0.5) is 11.4 Å². The van der Waals surface area contributed by atoms with E-state index >= 15 is 0 Å². The minimum Gasteiger partial charge on any atom is -0.378 e. The second-order valence-electron chi connectivity index (χ2n) is 4.20. The molecule has 19 heavy (non-hydrogen) atoms. The number of nitro benzene ring substituents is 1. The maximum atomic E-state index is 10.7. The van der Waals surface area contributed by atoms with Crippen LogP contribution in [0.1, 0.15) is 19.2 Å². The van der Waals surface area contributed by atoms with E-state index in [4.69, 9.17) is 0 Å². The molecule has 0 unspecified atom stereocenters. The molecule has 1 aromatic carbocycles. The number of non-ortho nitro benzene ring substituents is 1. The summed E-state index contributed by atoms with van der Waals surface area (Å²) < 4.78 is 2.07. The molecule has 6 heteroatoms. The molecule has 0 aliphatic rings. The van der Waals surface area contributed by atoms with E-state index in [2.05, 4.69) is 21.8 Å². The van der Waals surface area contributed by atoms with Crippen molar-refractivity contribution in [2.24, 2.45) is 0 Å². The number of nitro groups is 1. The third-order valence-electron chi connectivity index (χ3n) is 2.77. The van der Waals surface area contributed by atoms with Gasteiger partial charge in [0.1, 0.15) is 5.82 Å². The van der Waals surface area contributed by atoms with Crippen LogP contribution in [-0.4, -0.2) is 14.5 Å². The van der Waals surface area contributed by atoms with Gasteiger partial charge in [0.25, 0.3) is 5.69 Å². The van der Waals surface area contributed by atoms with Gasteiger partial charge in [-0.1, -0.05) is 13.0 Å². The number of hydrogen-bond acceptors (Lipinski definition) is 4. The summed E-state index contributed by atoms with van der Waals surface area (Å²) in [6.07, 6.45) is 4.74. The first kappa shape index (κ1) is 13.1. The lowest BCUT2D eigenvalue weighted by Gasteiger charge is -2.08. The Kier molecular flexibility index (Phi) is 4.12. The number of hydrogen-bond donors (Lipinski definition) is 1. The Hall–Kier alpha value is -2.37. The lowest BCUT2D eigenvalue weighted by Crippen LogP contribution is -2.08. The van der Waals surface area contributed by atoms with Crippen LogP contribution in [0.3, 0.4) is 0 Å². The fourth-order valence-corrected chi connectivity index (χ4v) is 1.86. The summed E-state index contributed by atoms with van der Waals surface area (Å²) in [7, 11) is 0. The smallest absolute Gasteiger partial charge is 0.271 e. The van der Waals surface area contributed by atoms with Gasteiger partial charge in [-0.05, 0) is 12.5 Å². The normalized spacial score (nSPS) is 10.4. The molecule has 1 aromatic heterocycles. The molecule has 1 N–H and O–H groups in total. The molecule has 0 saturated heterocycles. The predicted octanol–water partition coefficient (Wildman–Crippen LogP) is 2.81. The summed E-state index contributed by atoms with van der Waals surface area (Å²) in [6.45, 7) is 3.58. The molecule has 0 saturated carbocycles. The van der Waals surface area contributed by atoms with E-state index < -0.39 is 4.92 Å². The molecule has 0 bridgehead atoms. The lowest BCUT2D eigenvalue weighted by molar-refractivity contribution is -0.384. The molecule has 0 aliphatic carbocycles. The summed E-state index contributed by atoms with van der Waals surface area (Å²) in [6, 6.07) is 6.47. The van der Waals surface area contributed by atoms with Gasteiger partial charge in [0.2, 0.25) is 0 Å². The van der Waals surface area contributed by atoms with Gasteiger partial charge >= 0.3 is 0 Å². The Morgan fingerprint density at radius 2 is 2.32 bits per heavy atom. The molecule has 6 nitrogen and oxygen atoms in total. The van der Waals surface area contributed by atoms with Gasteiger partial charge in [-0.25, -0.2) is 4.98 Å². The van der Waals surface area contributed by atoms with E-state index in [1.807, 2.05) is 6.20 Å². The zero-order valence-electron chi connectivity index (χ0n) is 10.7. The van der Waals surface area contributed by atoms with Crippen molar-refractivity contribution < 1.29 is 4.92 Å². The molecule has 2 aromatic rings. The van der Waals surface area contributed by atoms with Gasteiger partial charge in [0, 0.05) is 36.8 Å². The molecule has 2 rings (SSSR count). The third-order valence-corrected chi connectivity index (χ3v) is 2.77. The fourth-order valence-electron chi connectivity index (χ4n) is 1.86. The van der Waals surface area contributed by atoms with Gasteiger partial charge in [0.15, 0.2) is 0 Å². The lowest BCUT2D eigenvalue weighted by atomic mass is 10.3. The molecular formula is C13H16N4O2. The van der Waals surface area contributed by atoms with Gasteiger partial charge < -0.3 is 9.88 Å². The number of anilines is 1. The van der Waals surface area contributed by atoms with Crippen molar-refractivity contribution in [3.05, 3.63) is 52.6 Å². The maximum Gasteiger partial charge on any atom is 0.271 e. The number of rotatable bonds is 6. The van der Waals surface area contributed by atoms with Crippen molar-refractivity contribution in [1.29, 1.82) is 0 Å². The van der Waals surface area contributed by atoms with Crippen LogP contribution in [0.15, 0.2) is 36.7 Å². The Balaban J connectivity index is 2.04. The molecule has 0 radical (unpaired) electrons. The van der Waals surface area contributed by atoms with Gasteiger partial charge in [0.05, 0.1) is 11.5 Å². The SMILES string of the molecule is CCCn1ccnc1CNc1cccc([N+](=O)[O-])c1. The number of benzene rings is 1. The van der Waals surface area contributed by atoms with E-state index in [0.717, 1.165) is 24.5 Å². The van der Waals surface area contributed by atoms with Crippen LogP contribution in [0.25, 0.3) is 0 Å². The molecule has 0 atom stereocenters. The highest BCUT2D eigenvalue weighted by Gasteiger charge is 2.06. The zero-order valence-corrected chi connectivity index (χ0v) is 10.7. The number of nitrogens with zero attached hydrogens (tertiary/aromatic N) is 3. The largest absolute Gasteiger partial charge is 0.378 e. The molecule has 0 spiro atoms. The van der Waals surface area contributed by atoms with Crippen molar-refractivity contribution in [2.45, 2.75) is 26.4 Å².